The smallest absolute Gasteiger partial charge is 0.229 e. The fourth-order valence-electron chi connectivity index (χ4n) is 3.26. The number of furan rings is 1. The minimum Gasteiger partial charge on any atom is -0.463 e. The molecule has 1 aliphatic rings. The molecule has 3 atom stereocenters. The number of aromatic nitrogens is 2. The number of benzene rings is 1. The highest BCUT2D eigenvalue weighted by atomic mass is 19.1. The van der Waals surface area contributed by atoms with Gasteiger partial charge in [-0.1, -0.05) is 19.1 Å². The Morgan fingerprint density at radius 3 is 2.70 bits per heavy atom. The lowest BCUT2D eigenvalue weighted by Gasteiger charge is -2.34. The molecule has 1 saturated heterocycles. The van der Waals surface area contributed by atoms with Crippen molar-refractivity contribution < 1.29 is 18.4 Å². The first-order valence-electron chi connectivity index (χ1n) is 9.65. The van der Waals surface area contributed by atoms with Crippen molar-refractivity contribution in [1.82, 2.24) is 20.4 Å². The third-order valence-corrected chi connectivity index (χ3v) is 5.16. The molecule has 0 aliphatic carbocycles. The molecule has 0 saturated carbocycles. The van der Waals surface area contributed by atoms with Crippen LogP contribution in [0, 0.1) is 11.7 Å². The molecular formula is C21H22FN5O3. The second-order valence-corrected chi connectivity index (χ2v) is 7.34. The van der Waals surface area contributed by atoms with Crippen LogP contribution in [0.2, 0.25) is 0 Å². The lowest BCUT2D eigenvalue weighted by atomic mass is 10.0. The average molecular weight is 411 g/mol. The summed E-state index contributed by atoms with van der Waals surface area (Å²) in [5.41, 5.74) is 1.19. The van der Waals surface area contributed by atoms with E-state index in [0.717, 1.165) is 0 Å². The molecule has 1 fully saturated rings. The maximum atomic E-state index is 13.1. The van der Waals surface area contributed by atoms with Crippen LogP contribution in [0.3, 0.4) is 0 Å². The van der Waals surface area contributed by atoms with E-state index in [1.807, 2.05) is 13.8 Å². The molecule has 0 spiro atoms. The van der Waals surface area contributed by atoms with Crippen LogP contribution in [0.25, 0.3) is 11.5 Å². The van der Waals surface area contributed by atoms with Gasteiger partial charge in [0.2, 0.25) is 11.8 Å². The van der Waals surface area contributed by atoms with Gasteiger partial charge in [-0.15, -0.1) is 0 Å². The zero-order valence-electron chi connectivity index (χ0n) is 16.6. The zero-order chi connectivity index (χ0) is 21.3. The van der Waals surface area contributed by atoms with Gasteiger partial charge in [-0.25, -0.2) is 9.07 Å². The Labute approximate surface area is 172 Å². The number of anilines is 1. The van der Waals surface area contributed by atoms with Crippen LogP contribution >= 0.6 is 0 Å². The summed E-state index contributed by atoms with van der Waals surface area (Å²) in [6.07, 6.45) is 0.971. The highest BCUT2D eigenvalue weighted by molar-refractivity contribution is 5.92. The molecule has 1 aromatic carbocycles. The summed E-state index contributed by atoms with van der Waals surface area (Å²) < 4.78 is 20.0. The normalized spacial score (nSPS) is 21.3. The van der Waals surface area contributed by atoms with E-state index < -0.39 is 6.29 Å². The van der Waals surface area contributed by atoms with Gasteiger partial charge in [-0.05, 0) is 36.8 Å². The zero-order valence-corrected chi connectivity index (χ0v) is 16.6. The summed E-state index contributed by atoms with van der Waals surface area (Å²) in [6.45, 7) is 3.76. The molecule has 1 aliphatic heterocycles. The third-order valence-electron chi connectivity index (χ3n) is 5.16. The number of carbonyl (C=O) groups is 2. The highest BCUT2D eigenvalue weighted by Gasteiger charge is 2.32. The van der Waals surface area contributed by atoms with E-state index in [0.29, 0.717) is 22.8 Å². The van der Waals surface area contributed by atoms with Crippen molar-refractivity contribution in [2.75, 3.05) is 5.32 Å². The Morgan fingerprint density at radius 2 is 2.03 bits per heavy atom. The van der Waals surface area contributed by atoms with Crippen molar-refractivity contribution in [1.29, 1.82) is 0 Å². The second kappa shape index (κ2) is 8.11. The first-order chi connectivity index (χ1) is 14.4. The largest absolute Gasteiger partial charge is 0.463 e. The van der Waals surface area contributed by atoms with E-state index >= 15 is 0 Å². The second-order valence-electron chi connectivity index (χ2n) is 7.34. The van der Waals surface area contributed by atoms with Gasteiger partial charge in [-0.2, -0.15) is 5.10 Å². The Morgan fingerprint density at radius 1 is 1.27 bits per heavy atom. The quantitative estimate of drug-likeness (QED) is 0.599. The maximum absolute atomic E-state index is 13.1. The van der Waals surface area contributed by atoms with Gasteiger partial charge < -0.3 is 15.1 Å². The molecule has 156 valence electrons. The topological polar surface area (TPSA) is 101 Å². The minimum absolute atomic E-state index is 0.0689. The van der Waals surface area contributed by atoms with Crippen molar-refractivity contribution in [3.63, 3.8) is 0 Å². The number of nitrogens with one attached hydrogen (secondary N) is 3. The van der Waals surface area contributed by atoms with Crippen molar-refractivity contribution in [3.05, 3.63) is 60.1 Å². The molecule has 4 rings (SSSR count). The third kappa shape index (κ3) is 4.11. The van der Waals surface area contributed by atoms with Crippen LogP contribution in [0.4, 0.5) is 10.2 Å². The van der Waals surface area contributed by atoms with Crippen LogP contribution in [-0.4, -0.2) is 27.6 Å². The van der Waals surface area contributed by atoms with Crippen molar-refractivity contribution in [2.24, 2.45) is 5.92 Å². The number of amides is 2. The summed E-state index contributed by atoms with van der Waals surface area (Å²) in [7, 11) is 0. The van der Waals surface area contributed by atoms with Crippen LogP contribution in [0.5, 0.6) is 0 Å². The van der Waals surface area contributed by atoms with Crippen molar-refractivity contribution >= 4 is 17.6 Å². The summed E-state index contributed by atoms with van der Waals surface area (Å²) in [6, 6.07) is 10.8. The van der Waals surface area contributed by atoms with Gasteiger partial charge in [0.1, 0.15) is 17.3 Å². The summed E-state index contributed by atoms with van der Waals surface area (Å²) in [4.78, 5) is 24.9. The standard InChI is InChI=1S/C21H22FN5O3/c1-12-13(2)23-21(25-20(12)29)27-18(11-16(26-27)17-4-3-9-30-17)24-19(28)10-14-5-7-15(22)8-6-14/h3-9,11-13,21,23H,10H2,1-2H3,(H,24,28)(H,25,29). The number of halogens is 1. The summed E-state index contributed by atoms with van der Waals surface area (Å²) in [5.74, 6) is -0.0257. The average Bonchev–Trinajstić information content (AvgIpc) is 3.37. The maximum Gasteiger partial charge on any atom is 0.229 e. The Hall–Kier alpha value is -3.46. The first kappa shape index (κ1) is 19.8. The fraction of sp³-hybridized carbons (Fsp3) is 0.286. The molecule has 0 radical (unpaired) electrons. The predicted molar refractivity (Wildman–Crippen MR) is 108 cm³/mol. The van der Waals surface area contributed by atoms with Gasteiger partial charge in [0.25, 0.3) is 0 Å². The molecule has 3 heterocycles. The number of carbonyl (C=O) groups excluding carboxylic acids is 2. The molecule has 8 nitrogen and oxygen atoms in total. The van der Waals surface area contributed by atoms with Crippen LogP contribution in [-0.2, 0) is 16.0 Å². The Kier molecular flexibility index (Phi) is 5.37. The molecule has 2 amide bonds. The van der Waals surface area contributed by atoms with Gasteiger partial charge in [0.05, 0.1) is 18.6 Å². The van der Waals surface area contributed by atoms with Gasteiger partial charge in [-0.3, -0.25) is 14.9 Å². The highest BCUT2D eigenvalue weighted by Crippen LogP contribution is 2.26. The Balaban J connectivity index is 1.60. The molecule has 0 bridgehead atoms. The predicted octanol–water partition coefficient (Wildman–Crippen LogP) is 2.66. The number of rotatable bonds is 5. The lowest BCUT2D eigenvalue weighted by Crippen LogP contribution is -2.57. The number of hydrogen-bond donors (Lipinski definition) is 3. The molecule has 3 N–H and O–H groups in total. The van der Waals surface area contributed by atoms with Gasteiger partial charge in [0, 0.05) is 12.1 Å². The first-order valence-corrected chi connectivity index (χ1v) is 9.65. The van der Waals surface area contributed by atoms with Crippen LogP contribution in [0.15, 0.2) is 53.1 Å². The Bertz CT molecular complexity index is 1050. The van der Waals surface area contributed by atoms with Crippen LogP contribution < -0.4 is 16.0 Å². The minimum atomic E-state index is -0.631. The van der Waals surface area contributed by atoms with E-state index in [1.165, 1.54) is 23.1 Å². The van der Waals surface area contributed by atoms with Gasteiger partial charge in [0.15, 0.2) is 12.0 Å². The molecule has 30 heavy (non-hydrogen) atoms. The van der Waals surface area contributed by atoms with E-state index in [-0.39, 0.29) is 36.0 Å². The number of nitrogens with zero attached hydrogens (tertiary/aromatic N) is 2. The van der Waals surface area contributed by atoms with E-state index in [9.17, 15) is 14.0 Å². The number of hydrogen-bond acceptors (Lipinski definition) is 5. The SMILES string of the molecule is CC1NC(n2nc(-c3ccco3)cc2NC(=O)Cc2ccc(F)cc2)NC(=O)C1C. The molecular weight excluding hydrogens is 389 g/mol. The van der Waals surface area contributed by atoms with Crippen LogP contribution in [0.1, 0.15) is 25.7 Å². The lowest BCUT2D eigenvalue weighted by molar-refractivity contribution is -0.130. The van der Waals surface area contributed by atoms with E-state index in [1.54, 1.807) is 30.3 Å². The summed E-state index contributed by atoms with van der Waals surface area (Å²) in [5, 5.41) is 13.5. The molecule has 3 unspecified atom stereocenters. The van der Waals surface area contributed by atoms with Gasteiger partial charge >= 0.3 is 0 Å². The molecule has 2 aromatic heterocycles. The fourth-order valence-corrected chi connectivity index (χ4v) is 3.26. The van der Waals surface area contributed by atoms with E-state index in [2.05, 4.69) is 21.0 Å². The molecule has 3 aromatic rings. The van der Waals surface area contributed by atoms with Crippen molar-refractivity contribution in [3.8, 4) is 11.5 Å². The monoisotopic (exact) mass is 411 g/mol. The molecule has 9 heteroatoms. The van der Waals surface area contributed by atoms with Crippen molar-refractivity contribution in [2.45, 2.75) is 32.6 Å². The summed E-state index contributed by atoms with van der Waals surface area (Å²) >= 11 is 0. The van der Waals surface area contributed by atoms with E-state index in [4.69, 9.17) is 4.42 Å².